The minimum absolute atomic E-state index is 0.248. The molecule has 0 saturated carbocycles. The van der Waals surface area contributed by atoms with E-state index in [1.54, 1.807) is 6.92 Å². The Bertz CT molecular complexity index is 617. The zero-order valence-corrected chi connectivity index (χ0v) is 19.3. The molecule has 1 heterocycles. The van der Waals surface area contributed by atoms with E-state index in [0.29, 0.717) is 0 Å². The second-order valence-electron chi connectivity index (χ2n) is 8.82. The molecule has 2 aromatic rings. The van der Waals surface area contributed by atoms with Crippen LogP contribution in [0, 0.1) is 11.8 Å². The lowest BCUT2D eigenvalue weighted by atomic mass is 10.0. The summed E-state index contributed by atoms with van der Waals surface area (Å²) in [6.45, 7) is 12.7. The standard InChI is InChI=1S/C18H37NO.C6H5N3/c1-16(2)12-8-6-10-14-19(18(5)20)15-11-7-9-13-17(3)4;1-2-4-6-5(3-1)7-9-8-6/h16-17H,6-15H2,1-5H3;1-4H,(H,7,8,9). The minimum atomic E-state index is 0.248. The van der Waals surface area contributed by atoms with E-state index in [-0.39, 0.29) is 5.91 Å². The first-order chi connectivity index (χ1) is 13.9. The molecule has 5 heteroatoms. The number of carbonyl (C=O) groups excluding carboxylic acids is 1. The molecule has 0 aliphatic rings. The number of rotatable bonds is 12. The van der Waals surface area contributed by atoms with E-state index in [1.807, 2.05) is 29.2 Å². The second-order valence-corrected chi connectivity index (χ2v) is 8.82. The van der Waals surface area contributed by atoms with Gasteiger partial charge >= 0.3 is 0 Å². The fourth-order valence-electron chi connectivity index (χ4n) is 3.28. The molecule has 0 saturated heterocycles. The Kier molecular flexibility index (Phi) is 13.0. The molecule has 0 spiro atoms. The Balaban J connectivity index is 0.000000379. The third-order valence-electron chi connectivity index (χ3n) is 5.10. The van der Waals surface area contributed by atoms with Crippen LogP contribution in [0.25, 0.3) is 11.0 Å². The van der Waals surface area contributed by atoms with Crippen LogP contribution >= 0.6 is 0 Å². The van der Waals surface area contributed by atoms with Crippen molar-refractivity contribution in [2.45, 2.75) is 86.0 Å². The Morgan fingerprint density at radius 1 is 0.897 bits per heavy atom. The fraction of sp³-hybridized carbons (Fsp3) is 0.708. The minimum Gasteiger partial charge on any atom is -0.343 e. The number of carbonyl (C=O) groups is 1. The van der Waals surface area contributed by atoms with Crippen LogP contribution in [-0.2, 0) is 4.79 Å². The van der Waals surface area contributed by atoms with Crippen molar-refractivity contribution in [1.82, 2.24) is 20.3 Å². The Hall–Kier alpha value is -1.91. The van der Waals surface area contributed by atoms with Crippen molar-refractivity contribution in [2.24, 2.45) is 11.8 Å². The molecule has 0 fully saturated rings. The molecule has 0 aliphatic heterocycles. The quantitative estimate of drug-likeness (QED) is 0.428. The number of unbranched alkanes of at least 4 members (excludes halogenated alkanes) is 4. The summed E-state index contributed by atoms with van der Waals surface area (Å²) < 4.78 is 0. The van der Waals surface area contributed by atoms with Gasteiger partial charge in [0.15, 0.2) is 0 Å². The van der Waals surface area contributed by atoms with Crippen LogP contribution in [0.2, 0.25) is 0 Å². The smallest absolute Gasteiger partial charge is 0.219 e. The van der Waals surface area contributed by atoms with Crippen molar-refractivity contribution < 1.29 is 4.79 Å². The van der Waals surface area contributed by atoms with Crippen molar-refractivity contribution >= 4 is 16.9 Å². The van der Waals surface area contributed by atoms with Crippen molar-refractivity contribution in [2.75, 3.05) is 13.1 Å². The van der Waals surface area contributed by atoms with Gasteiger partial charge in [-0.2, -0.15) is 0 Å². The average Bonchev–Trinajstić information content (AvgIpc) is 3.14. The van der Waals surface area contributed by atoms with Crippen LogP contribution in [0.3, 0.4) is 0 Å². The number of nitrogens with one attached hydrogen (secondary N) is 1. The number of para-hydroxylation sites is 1. The molecule has 164 valence electrons. The molecule has 1 amide bonds. The molecule has 29 heavy (non-hydrogen) atoms. The largest absolute Gasteiger partial charge is 0.343 e. The number of hydrogen-bond acceptors (Lipinski definition) is 3. The predicted octanol–water partition coefficient (Wildman–Crippen LogP) is 6.23. The van der Waals surface area contributed by atoms with Gasteiger partial charge < -0.3 is 4.90 Å². The van der Waals surface area contributed by atoms with Crippen LogP contribution in [0.1, 0.15) is 86.0 Å². The number of H-pyrrole nitrogens is 1. The van der Waals surface area contributed by atoms with E-state index in [2.05, 4.69) is 43.1 Å². The van der Waals surface area contributed by atoms with Crippen LogP contribution in [-0.4, -0.2) is 39.3 Å². The monoisotopic (exact) mass is 402 g/mol. The Labute approximate surface area is 177 Å². The van der Waals surface area contributed by atoms with E-state index in [0.717, 1.165) is 48.8 Å². The number of aromatic nitrogens is 3. The molecule has 1 aromatic heterocycles. The van der Waals surface area contributed by atoms with E-state index >= 15 is 0 Å². The first-order valence-corrected chi connectivity index (χ1v) is 11.4. The number of benzene rings is 1. The van der Waals surface area contributed by atoms with E-state index < -0.39 is 0 Å². The van der Waals surface area contributed by atoms with Crippen LogP contribution in [0.15, 0.2) is 24.3 Å². The average molecular weight is 403 g/mol. The van der Waals surface area contributed by atoms with Gasteiger partial charge in [0.25, 0.3) is 0 Å². The van der Waals surface area contributed by atoms with Gasteiger partial charge in [0.2, 0.25) is 5.91 Å². The SMILES string of the molecule is CC(=O)N(CCCCCC(C)C)CCCCCC(C)C.c1ccc2[nH]nnc2c1. The zero-order chi connectivity index (χ0) is 21.5. The summed E-state index contributed by atoms with van der Waals surface area (Å²) in [5.74, 6) is 1.86. The van der Waals surface area contributed by atoms with Gasteiger partial charge in [-0.3, -0.25) is 9.89 Å². The third kappa shape index (κ3) is 12.3. The maximum Gasteiger partial charge on any atom is 0.219 e. The van der Waals surface area contributed by atoms with Crippen molar-refractivity contribution in [1.29, 1.82) is 0 Å². The van der Waals surface area contributed by atoms with Crippen LogP contribution in [0.5, 0.6) is 0 Å². The lowest BCUT2D eigenvalue weighted by Gasteiger charge is -2.21. The first-order valence-electron chi connectivity index (χ1n) is 11.4. The Morgan fingerprint density at radius 3 is 1.93 bits per heavy atom. The highest BCUT2D eigenvalue weighted by Gasteiger charge is 2.07. The number of hydrogen-bond donors (Lipinski definition) is 1. The summed E-state index contributed by atoms with van der Waals surface area (Å²) in [6.07, 6.45) is 10.1. The Morgan fingerprint density at radius 2 is 1.45 bits per heavy atom. The molecular formula is C24H42N4O. The summed E-state index contributed by atoms with van der Waals surface area (Å²) in [5, 5.41) is 10.2. The number of fused-ring (bicyclic) bond motifs is 1. The summed E-state index contributed by atoms with van der Waals surface area (Å²) in [4.78, 5) is 13.7. The van der Waals surface area contributed by atoms with Crippen LogP contribution < -0.4 is 0 Å². The van der Waals surface area contributed by atoms with Crippen molar-refractivity contribution in [3.63, 3.8) is 0 Å². The van der Waals surface area contributed by atoms with Gasteiger partial charge in [0.05, 0.1) is 5.52 Å². The normalized spacial score (nSPS) is 11.0. The van der Waals surface area contributed by atoms with Gasteiger partial charge in [0.1, 0.15) is 5.52 Å². The van der Waals surface area contributed by atoms with Gasteiger partial charge in [-0.15, -0.1) is 5.10 Å². The lowest BCUT2D eigenvalue weighted by Crippen LogP contribution is -2.30. The van der Waals surface area contributed by atoms with Crippen LogP contribution in [0.4, 0.5) is 0 Å². The summed E-state index contributed by atoms with van der Waals surface area (Å²) in [5.41, 5.74) is 1.90. The molecule has 1 aromatic carbocycles. The first kappa shape index (κ1) is 25.1. The summed E-state index contributed by atoms with van der Waals surface area (Å²) >= 11 is 0. The highest BCUT2D eigenvalue weighted by atomic mass is 16.2. The van der Waals surface area contributed by atoms with Crippen molar-refractivity contribution in [3.8, 4) is 0 Å². The topological polar surface area (TPSA) is 61.9 Å². The highest BCUT2D eigenvalue weighted by molar-refractivity contribution is 5.73. The molecule has 0 unspecified atom stereocenters. The molecular weight excluding hydrogens is 360 g/mol. The summed E-state index contributed by atoms with van der Waals surface area (Å²) in [7, 11) is 0. The highest BCUT2D eigenvalue weighted by Crippen LogP contribution is 2.11. The second kappa shape index (κ2) is 15.0. The molecule has 0 bridgehead atoms. The molecule has 0 radical (unpaired) electrons. The zero-order valence-electron chi connectivity index (χ0n) is 19.3. The van der Waals surface area contributed by atoms with Crippen molar-refractivity contribution in [3.05, 3.63) is 24.3 Å². The fourth-order valence-corrected chi connectivity index (χ4v) is 3.28. The molecule has 0 aliphatic carbocycles. The molecule has 1 N–H and O–H groups in total. The van der Waals surface area contributed by atoms with Gasteiger partial charge in [0, 0.05) is 20.0 Å². The molecule has 2 rings (SSSR count). The number of aromatic amines is 1. The van der Waals surface area contributed by atoms with Gasteiger partial charge in [-0.25, -0.2) is 0 Å². The predicted molar refractivity (Wildman–Crippen MR) is 123 cm³/mol. The summed E-state index contributed by atoms with van der Waals surface area (Å²) in [6, 6.07) is 7.74. The van der Waals surface area contributed by atoms with E-state index in [1.165, 1.54) is 38.5 Å². The van der Waals surface area contributed by atoms with E-state index in [4.69, 9.17) is 0 Å². The lowest BCUT2D eigenvalue weighted by molar-refractivity contribution is -0.129. The maximum atomic E-state index is 11.6. The number of amides is 1. The van der Waals surface area contributed by atoms with Gasteiger partial charge in [-0.05, 0) is 36.8 Å². The molecule has 0 atom stereocenters. The van der Waals surface area contributed by atoms with E-state index in [9.17, 15) is 4.79 Å². The van der Waals surface area contributed by atoms with Gasteiger partial charge in [-0.1, -0.05) is 83.6 Å². The number of nitrogens with zero attached hydrogens (tertiary/aromatic N) is 3. The third-order valence-corrected chi connectivity index (χ3v) is 5.10. The molecule has 5 nitrogen and oxygen atoms in total. The maximum absolute atomic E-state index is 11.6.